The zero-order chi connectivity index (χ0) is 15.9. The minimum absolute atomic E-state index is 0.423. The first-order valence-electron chi connectivity index (χ1n) is 7.76. The molecule has 22 heavy (non-hydrogen) atoms. The Morgan fingerprint density at radius 1 is 1.36 bits per heavy atom. The summed E-state index contributed by atoms with van der Waals surface area (Å²) < 4.78 is 0. The van der Waals surface area contributed by atoms with Crippen LogP contribution in [0.15, 0.2) is 29.3 Å². The molecule has 1 unspecified atom stereocenters. The van der Waals surface area contributed by atoms with Crippen molar-refractivity contribution in [3.63, 3.8) is 0 Å². The maximum atomic E-state index is 11.0. The van der Waals surface area contributed by atoms with Gasteiger partial charge in [0.1, 0.15) is 0 Å². The van der Waals surface area contributed by atoms with Crippen molar-refractivity contribution in [3.8, 4) is 0 Å². The van der Waals surface area contributed by atoms with E-state index in [4.69, 9.17) is 11.5 Å². The molecule has 0 saturated carbocycles. The molecular weight excluding hydrogens is 278 g/mol. The summed E-state index contributed by atoms with van der Waals surface area (Å²) >= 11 is 0. The fourth-order valence-corrected chi connectivity index (χ4v) is 2.77. The molecule has 1 aliphatic rings. The second kappa shape index (κ2) is 7.79. The van der Waals surface area contributed by atoms with Gasteiger partial charge in [0.2, 0.25) is 5.91 Å². The fourth-order valence-electron chi connectivity index (χ4n) is 2.77. The molecule has 0 aliphatic carbocycles. The zero-order valence-corrected chi connectivity index (χ0v) is 13.1. The van der Waals surface area contributed by atoms with E-state index < -0.39 is 5.91 Å². The molecule has 5 N–H and O–H groups in total. The standard InChI is InChI=1S/C16H25N5O/c1-2-21-9-3-4-14(21)11-20-16(18)19-10-12-5-7-13(8-6-12)15(17)22/h5-8,14H,2-4,9-11H2,1H3,(H2,17,22)(H3,18,19,20). The van der Waals surface area contributed by atoms with E-state index in [0.29, 0.717) is 24.1 Å². The second-order valence-corrected chi connectivity index (χ2v) is 5.57. The van der Waals surface area contributed by atoms with Crippen LogP contribution in [0.5, 0.6) is 0 Å². The highest BCUT2D eigenvalue weighted by molar-refractivity contribution is 5.92. The Kier molecular flexibility index (Phi) is 5.77. The first-order chi connectivity index (χ1) is 10.6. The zero-order valence-electron chi connectivity index (χ0n) is 13.1. The van der Waals surface area contributed by atoms with Crippen LogP contribution < -0.4 is 16.8 Å². The topological polar surface area (TPSA) is 96.7 Å². The van der Waals surface area contributed by atoms with Crippen molar-refractivity contribution in [2.75, 3.05) is 19.6 Å². The number of likely N-dealkylation sites (N-methyl/N-ethyl adjacent to an activating group) is 1. The average molecular weight is 303 g/mol. The first-order valence-corrected chi connectivity index (χ1v) is 7.76. The first kappa shape index (κ1) is 16.3. The third-order valence-electron chi connectivity index (χ3n) is 4.09. The van der Waals surface area contributed by atoms with Crippen LogP contribution in [-0.2, 0) is 6.54 Å². The van der Waals surface area contributed by atoms with Crippen LogP contribution in [-0.4, -0.2) is 42.4 Å². The minimum atomic E-state index is -0.423. The smallest absolute Gasteiger partial charge is 0.248 e. The molecule has 0 bridgehead atoms. The van der Waals surface area contributed by atoms with Crippen molar-refractivity contribution in [1.82, 2.24) is 10.2 Å². The Balaban J connectivity index is 1.80. The highest BCUT2D eigenvalue weighted by Crippen LogP contribution is 2.15. The lowest BCUT2D eigenvalue weighted by Gasteiger charge is -2.23. The molecule has 6 heteroatoms. The van der Waals surface area contributed by atoms with Gasteiger partial charge in [0.05, 0.1) is 6.54 Å². The van der Waals surface area contributed by atoms with Crippen LogP contribution in [0.25, 0.3) is 0 Å². The number of benzene rings is 1. The molecule has 1 heterocycles. The van der Waals surface area contributed by atoms with Crippen LogP contribution in [0.4, 0.5) is 0 Å². The number of aliphatic imine (C=N–C) groups is 1. The number of carbonyl (C=O) groups is 1. The number of guanidine groups is 1. The van der Waals surface area contributed by atoms with Gasteiger partial charge in [-0.2, -0.15) is 0 Å². The largest absolute Gasteiger partial charge is 0.370 e. The number of likely N-dealkylation sites (tertiary alicyclic amines) is 1. The van der Waals surface area contributed by atoms with Gasteiger partial charge < -0.3 is 16.8 Å². The summed E-state index contributed by atoms with van der Waals surface area (Å²) in [5.74, 6) is 0.0372. The number of nitrogens with two attached hydrogens (primary N) is 2. The van der Waals surface area contributed by atoms with Gasteiger partial charge in [0, 0.05) is 18.2 Å². The molecule has 6 nitrogen and oxygen atoms in total. The van der Waals surface area contributed by atoms with Crippen molar-refractivity contribution in [2.45, 2.75) is 32.4 Å². The third kappa shape index (κ3) is 4.46. The van der Waals surface area contributed by atoms with E-state index in [1.807, 2.05) is 12.1 Å². The summed E-state index contributed by atoms with van der Waals surface area (Å²) in [6.45, 7) is 5.76. The van der Waals surface area contributed by atoms with Gasteiger partial charge in [-0.05, 0) is 43.6 Å². The number of nitrogens with zero attached hydrogens (tertiary/aromatic N) is 2. The average Bonchev–Trinajstić information content (AvgIpc) is 2.98. The molecule has 1 fully saturated rings. The van der Waals surface area contributed by atoms with E-state index in [-0.39, 0.29) is 0 Å². The van der Waals surface area contributed by atoms with Gasteiger partial charge in [0.15, 0.2) is 5.96 Å². The summed E-state index contributed by atoms with van der Waals surface area (Å²) in [7, 11) is 0. The van der Waals surface area contributed by atoms with Gasteiger partial charge in [-0.15, -0.1) is 0 Å². The molecule has 0 aromatic heterocycles. The SMILES string of the molecule is CCN1CCCC1CNC(N)=NCc1ccc(C(N)=O)cc1. The second-order valence-electron chi connectivity index (χ2n) is 5.57. The van der Waals surface area contributed by atoms with E-state index in [1.54, 1.807) is 12.1 Å². The number of hydrogen-bond acceptors (Lipinski definition) is 3. The Morgan fingerprint density at radius 3 is 2.73 bits per heavy atom. The normalized spacial score (nSPS) is 19.3. The van der Waals surface area contributed by atoms with E-state index >= 15 is 0 Å². The Morgan fingerprint density at radius 2 is 2.09 bits per heavy atom. The Hall–Kier alpha value is -2.08. The third-order valence-corrected chi connectivity index (χ3v) is 4.09. The summed E-state index contributed by atoms with van der Waals surface area (Å²) in [6.07, 6.45) is 2.46. The summed E-state index contributed by atoms with van der Waals surface area (Å²) in [5.41, 5.74) is 12.6. The van der Waals surface area contributed by atoms with Crippen LogP contribution in [0.2, 0.25) is 0 Å². The highest BCUT2D eigenvalue weighted by Gasteiger charge is 2.22. The minimum Gasteiger partial charge on any atom is -0.370 e. The quantitative estimate of drug-likeness (QED) is 0.531. The molecule has 120 valence electrons. The van der Waals surface area contributed by atoms with Crippen molar-refractivity contribution in [3.05, 3.63) is 35.4 Å². The van der Waals surface area contributed by atoms with Crippen molar-refractivity contribution in [2.24, 2.45) is 16.5 Å². The molecule has 1 amide bonds. The van der Waals surface area contributed by atoms with Gasteiger partial charge >= 0.3 is 0 Å². The van der Waals surface area contributed by atoms with Gasteiger partial charge in [-0.1, -0.05) is 19.1 Å². The highest BCUT2D eigenvalue weighted by atomic mass is 16.1. The lowest BCUT2D eigenvalue weighted by Crippen LogP contribution is -2.42. The van der Waals surface area contributed by atoms with Crippen LogP contribution in [0, 0.1) is 0 Å². The molecule has 1 saturated heterocycles. The number of rotatable bonds is 6. The number of amides is 1. The Bertz CT molecular complexity index is 526. The molecule has 0 spiro atoms. The lowest BCUT2D eigenvalue weighted by molar-refractivity contribution is 0.100. The molecule has 0 radical (unpaired) electrons. The molecule has 1 aliphatic heterocycles. The predicted octanol–water partition coefficient (Wildman–Crippen LogP) is 0.674. The summed E-state index contributed by atoms with van der Waals surface area (Å²) in [6, 6.07) is 7.64. The number of primary amides is 1. The van der Waals surface area contributed by atoms with Crippen molar-refractivity contribution in [1.29, 1.82) is 0 Å². The number of carbonyl (C=O) groups excluding carboxylic acids is 1. The molecule has 1 aromatic carbocycles. The summed E-state index contributed by atoms with van der Waals surface area (Å²) in [5, 5.41) is 3.20. The van der Waals surface area contributed by atoms with Crippen LogP contribution >= 0.6 is 0 Å². The monoisotopic (exact) mass is 303 g/mol. The Labute approximate surface area is 131 Å². The lowest BCUT2D eigenvalue weighted by atomic mass is 10.1. The van der Waals surface area contributed by atoms with Crippen molar-refractivity contribution >= 4 is 11.9 Å². The summed E-state index contributed by atoms with van der Waals surface area (Å²) in [4.78, 5) is 17.8. The van der Waals surface area contributed by atoms with Gasteiger partial charge in [-0.25, -0.2) is 4.99 Å². The van der Waals surface area contributed by atoms with Crippen molar-refractivity contribution < 1.29 is 4.79 Å². The van der Waals surface area contributed by atoms with Crippen LogP contribution in [0.1, 0.15) is 35.7 Å². The van der Waals surface area contributed by atoms with Gasteiger partial charge in [-0.3, -0.25) is 9.69 Å². The molecular formula is C16H25N5O. The molecule has 1 atom stereocenters. The van der Waals surface area contributed by atoms with E-state index in [0.717, 1.165) is 18.7 Å². The van der Waals surface area contributed by atoms with E-state index in [1.165, 1.54) is 19.4 Å². The molecule has 1 aromatic rings. The fraction of sp³-hybridized carbons (Fsp3) is 0.500. The number of nitrogens with one attached hydrogen (secondary N) is 1. The van der Waals surface area contributed by atoms with E-state index in [2.05, 4.69) is 22.1 Å². The van der Waals surface area contributed by atoms with Crippen LogP contribution in [0.3, 0.4) is 0 Å². The maximum Gasteiger partial charge on any atom is 0.248 e. The van der Waals surface area contributed by atoms with E-state index in [9.17, 15) is 4.79 Å². The molecule has 2 rings (SSSR count). The van der Waals surface area contributed by atoms with Gasteiger partial charge in [0.25, 0.3) is 0 Å². The predicted molar refractivity (Wildman–Crippen MR) is 88.6 cm³/mol. The number of hydrogen-bond donors (Lipinski definition) is 3. The maximum absolute atomic E-state index is 11.0.